The minimum Gasteiger partial charge on any atom is -0.465 e. The summed E-state index contributed by atoms with van der Waals surface area (Å²) in [6, 6.07) is 30.1. The van der Waals surface area contributed by atoms with E-state index in [0.717, 1.165) is 33.8 Å². The van der Waals surface area contributed by atoms with E-state index in [-0.39, 0.29) is 5.97 Å². The minimum absolute atomic E-state index is 0.341. The van der Waals surface area contributed by atoms with Gasteiger partial charge in [-0.05, 0) is 66.1 Å². The fraction of sp³-hybridized carbons (Fsp3) is 0.111. The Labute approximate surface area is 182 Å². The Kier molecular flexibility index (Phi) is 6.08. The molecule has 0 aliphatic carbocycles. The second-order valence-corrected chi connectivity index (χ2v) is 7.34. The van der Waals surface area contributed by atoms with Gasteiger partial charge in [-0.25, -0.2) is 4.79 Å². The molecule has 3 aromatic carbocycles. The molecule has 31 heavy (non-hydrogen) atoms. The lowest BCUT2D eigenvalue weighted by molar-refractivity contribution is 0.0601. The van der Waals surface area contributed by atoms with E-state index in [1.54, 1.807) is 6.07 Å². The van der Waals surface area contributed by atoms with Gasteiger partial charge in [0.05, 0.1) is 24.9 Å². The van der Waals surface area contributed by atoms with Crippen molar-refractivity contribution in [2.45, 2.75) is 13.5 Å². The maximum Gasteiger partial charge on any atom is 0.338 e. The smallest absolute Gasteiger partial charge is 0.338 e. The van der Waals surface area contributed by atoms with Crippen molar-refractivity contribution in [1.29, 1.82) is 0 Å². The summed E-state index contributed by atoms with van der Waals surface area (Å²) in [6.45, 7) is 2.70. The molecule has 0 saturated carbocycles. The maximum absolute atomic E-state index is 12.3. The predicted molar refractivity (Wildman–Crippen MR) is 124 cm³/mol. The number of carbonyl (C=O) groups excluding carboxylic acids is 1. The molecular weight excluding hydrogens is 384 g/mol. The van der Waals surface area contributed by atoms with Crippen LogP contribution in [-0.2, 0) is 11.3 Å². The van der Waals surface area contributed by atoms with Crippen LogP contribution in [-0.4, -0.2) is 18.1 Å². The molecule has 0 amide bonds. The summed E-state index contributed by atoms with van der Waals surface area (Å²) in [4.78, 5) is 19.1. The third-order valence-electron chi connectivity index (χ3n) is 5.13. The fourth-order valence-corrected chi connectivity index (χ4v) is 3.69. The molecule has 1 heterocycles. The topological polar surface area (TPSA) is 42.4 Å². The summed E-state index contributed by atoms with van der Waals surface area (Å²) in [5.41, 5.74) is 6.57. The Balaban J connectivity index is 1.82. The third kappa shape index (κ3) is 4.64. The maximum atomic E-state index is 12.3. The Bertz CT molecular complexity index is 1170. The number of pyridine rings is 1. The lowest BCUT2D eigenvalue weighted by Crippen LogP contribution is -2.17. The van der Waals surface area contributed by atoms with Gasteiger partial charge in [-0.15, -0.1) is 0 Å². The molecule has 0 bridgehead atoms. The summed E-state index contributed by atoms with van der Waals surface area (Å²) < 4.78 is 5.00. The standard InChI is InChI=1S/C27H24N2O2/c1-20-16-21(25-13-6-7-14-26(25)27(30)31-2)18-24(17-20)29(23-11-4-3-5-12-23)19-22-10-8-9-15-28-22/h3-18H,19H2,1-2H3. The summed E-state index contributed by atoms with van der Waals surface area (Å²) in [6.07, 6.45) is 1.81. The molecule has 0 spiro atoms. The van der Waals surface area contributed by atoms with Gasteiger partial charge in [0.15, 0.2) is 0 Å². The molecule has 0 unspecified atom stereocenters. The normalized spacial score (nSPS) is 10.5. The monoisotopic (exact) mass is 408 g/mol. The van der Waals surface area contributed by atoms with Crippen molar-refractivity contribution in [2.24, 2.45) is 0 Å². The summed E-state index contributed by atoms with van der Waals surface area (Å²) in [7, 11) is 1.41. The molecule has 0 aliphatic rings. The van der Waals surface area contributed by atoms with Crippen LogP contribution in [0.25, 0.3) is 11.1 Å². The molecule has 0 N–H and O–H groups in total. The van der Waals surface area contributed by atoms with Crippen molar-refractivity contribution in [3.8, 4) is 11.1 Å². The predicted octanol–water partition coefficient (Wildman–Crippen LogP) is 6.18. The summed E-state index contributed by atoms with van der Waals surface area (Å²) in [5.74, 6) is -0.341. The highest BCUT2D eigenvalue weighted by atomic mass is 16.5. The highest BCUT2D eigenvalue weighted by Gasteiger charge is 2.16. The highest BCUT2D eigenvalue weighted by Crippen LogP contribution is 2.33. The van der Waals surface area contributed by atoms with Gasteiger partial charge >= 0.3 is 5.97 Å². The van der Waals surface area contributed by atoms with Crippen LogP contribution in [0.2, 0.25) is 0 Å². The molecule has 4 nitrogen and oxygen atoms in total. The first kappa shape index (κ1) is 20.4. The number of benzene rings is 3. The molecule has 0 aliphatic heterocycles. The number of para-hydroxylation sites is 1. The van der Waals surface area contributed by atoms with Crippen molar-refractivity contribution < 1.29 is 9.53 Å². The zero-order chi connectivity index (χ0) is 21.6. The molecule has 1 aromatic heterocycles. The Hall–Kier alpha value is -3.92. The molecule has 0 saturated heterocycles. The zero-order valence-electron chi connectivity index (χ0n) is 17.7. The van der Waals surface area contributed by atoms with Gasteiger partial charge < -0.3 is 9.64 Å². The van der Waals surface area contributed by atoms with E-state index in [1.165, 1.54) is 7.11 Å². The number of anilines is 2. The lowest BCUT2D eigenvalue weighted by atomic mass is 9.97. The number of methoxy groups -OCH3 is 1. The average molecular weight is 409 g/mol. The van der Waals surface area contributed by atoms with Gasteiger partial charge in [0, 0.05) is 17.6 Å². The van der Waals surface area contributed by atoms with E-state index in [9.17, 15) is 4.79 Å². The Morgan fingerprint density at radius 3 is 2.35 bits per heavy atom. The van der Waals surface area contributed by atoms with Crippen LogP contribution in [0.3, 0.4) is 0 Å². The first-order valence-electron chi connectivity index (χ1n) is 10.2. The van der Waals surface area contributed by atoms with Crippen molar-refractivity contribution >= 4 is 17.3 Å². The Morgan fingerprint density at radius 2 is 1.61 bits per heavy atom. The molecule has 4 heteroatoms. The first-order chi connectivity index (χ1) is 15.2. The molecule has 154 valence electrons. The quantitative estimate of drug-likeness (QED) is 0.357. The number of hydrogen-bond acceptors (Lipinski definition) is 4. The van der Waals surface area contributed by atoms with Gasteiger partial charge in [-0.1, -0.05) is 48.5 Å². The number of hydrogen-bond donors (Lipinski definition) is 0. The Morgan fingerprint density at radius 1 is 0.871 bits per heavy atom. The van der Waals surface area contributed by atoms with E-state index >= 15 is 0 Å². The lowest BCUT2D eigenvalue weighted by Gasteiger charge is -2.26. The van der Waals surface area contributed by atoms with Crippen LogP contribution >= 0.6 is 0 Å². The van der Waals surface area contributed by atoms with Crippen LogP contribution < -0.4 is 4.90 Å². The molecule has 0 fully saturated rings. The van der Waals surface area contributed by atoms with Gasteiger partial charge in [0.2, 0.25) is 0 Å². The SMILES string of the molecule is COC(=O)c1ccccc1-c1cc(C)cc(N(Cc2ccccn2)c2ccccc2)c1. The van der Waals surface area contributed by atoms with E-state index in [2.05, 4.69) is 47.1 Å². The van der Waals surface area contributed by atoms with Gasteiger partial charge in [-0.3, -0.25) is 4.98 Å². The molecule has 0 radical (unpaired) electrons. The average Bonchev–Trinajstić information content (AvgIpc) is 2.83. The van der Waals surface area contributed by atoms with Crippen LogP contribution in [0.15, 0.2) is 97.2 Å². The molecule has 4 rings (SSSR count). The number of carbonyl (C=O) groups is 1. The summed E-state index contributed by atoms with van der Waals surface area (Å²) >= 11 is 0. The fourth-order valence-electron chi connectivity index (χ4n) is 3.69. The number of nitrogens with zero attached hydrogens (tertiary/aromatic N) is 2. The van der Waals surface area contributed by atoms with Crippen molar-refractivity contribution in [1.82, 2.24) is 4.98 Å². The largest absolute Gasteiger partial charge is 0.465 e. The van der Waals surface area contributed by atoms with Crippen LogP contribution in [0, 0.1) is 6.92 Å². The van der Waals surface area contributed by atoms with Crippen molar-refractivity contribution in [2.75, 3.05) is 12.0 Å². The van der Waals surface area contributed by atoms with E-state index < -0.39 is 0 Å². The number of esters is 1. The number of ether oxygens (including phenoxy) is 1. The number of aryl methyl sites for hydroxylation is 1. The van der Waals surface area contributed by atoms with Gasteiger partial charge in [-0.2, -0.15) is 0 Å². The minimum atomic E-state index is -0.341. The number of aromatic nitrogens is 1. The van der Waals surface area contributed by atoms with Crippen LogP contribution in [0.4, 0.5) is 11.4 Å². The van der Waals surface area contributed by atoms with Crippen LogP contribution in [0.1, 0.15) is 21.6 Å². The van der Waals surface area contributed by atoms with Crippen molar-refractivity contribution in [3.63, 3.8) is 0 Å². The second kappa shape index (κ2) is 9.26. The molecule has 4 aromatic rings. The molecular formula is C27H24N2O2. The molecule has 0 atom stereocenters. The van der Waals surface area contributed by atoms with Gasteiger partial charge in [0.25, 0.3) is 0 Å². The zero-order valence-corrected chi connectivity index (χ0v) is 17.7. The number of rotatable bonds is 6. The van der Waals surface area contributed by atoms with Gasteiger partial charge in [0.1, 0.15) is 0 Å². The van der Waals surface area contributed by atoms with Crippen LogP contribution in [0.5, 0.6) is 0 Å². The van der Waals surface area contributed by atoms with E-state index in [4.69, 9.17) is 4.74 Å². The van der Waals surface area contributed by atoms with Crippen molar-refractivity contribution in [3.05, 3.63) is 114 Å². The summed E-state index contributed by atoms with van der Waals surface area (Å²) in [5, 5.41) is 0. The first-order valence-corrected chi connectivity index (χ1v) is 10.2. The van der Waals surface area contributed by atoms with E-state index in [1.807, 2.05) is 60.8 Å². The highest BCUT2D eigenvalue weighted by molar-refractivity contribution is 5.97. The van der Waals surface area contributed by atoms with E-state index in [0.29, 0.717) is 12.1 Å². The third-order valence-corrected chi connectivity index (χ3v) is 5.13. The second-order valence-electron chi connectivity index (χ2n) is 7.34.